The molecular weight excluding hydrogens is 437 g/mol. The van der Waals surface area contributed by atoms with Gasteiger partial charge in [-0.3, -0.25) is 10.1 Å². The Hall–Kier alpha value is -2.25. The molecule has 164 valence electrons. The maximum Gasteiger partial charge on any atom is 0.272 e. The third-order valence-electron chi connectivity index (χ3n) is 5.29. The number of sulfone groups is 1. The van der Waals surface area contributed by atoms with Crippen LogP contribution in [-0.4, -0.2) is 60.6 Å². The lowest BCUT2D eigenvalue weighted by Gasteiger charge is -2.26. The highest BCUT2D eigenvalue weighted by molar-refractivity contribution is 7.90. The number of nitro benzene ring substituents is 1. The molecule has 2 saturated heterocycles. The summed E-state index contributed by atoms with van der Waals surface area (Å²) in [6.45, 7) is 8.06. The molecule has 0 saturated carbocycles. The minimum Gasteiger partial charge on any atom is -0.324 e. The van der Waals surface area contributed by atoms with Crippen LogP contribution in [0.4, 0.5) is 5.69 Å². The number of hydrogen-bond acceptors (Lipinski definition) is 7. The van der Waals surface area contributed by atoms with Crippen molar-refractivity contribution in [3.8, 4) is 0 Å². The number of nitrogens with zero attached hydrogens (tertiary/aromatic N) is 3. The van der Waals surface area contributed by atoms with Gasteiger partial charge in [0.25, 0.3) is 5.69 Å². The van der Waals surface area contributed by atoms with Crippen LogP contribution in [0.2, 0.25) is 0 Å². The summed E-state index contributed by atoms with van der Waals surface area (Å²) in [4.78, 5) is 11.3. The lowest BCUT2D eigenvalue weighted by Crippen LogP contribution is -2.09. The van der Waals surface area contributed by atoms with E-state index in [0.29, 0.717) is 17.7 Å². The Morgan fingerprint density at radius 1 is 1.13 bits per heavy atom. The van der Waals surface area contributed by atoms with E-state index < -0.39 is 22.2 Å². The molecule has 2 fully saturated rings. The van der Waals surface area contributed by atoms with Crippen molar-refractivity contribution in [3.05, 3.63) is 75.8 Å². The van der Waals surface area contributed by atoms with Crippen molar-refractivity contribution in [2.45, 2.75) is 17.9 Å². The van der Waals surface area contributed by atoms with Crippen LogP contribution in [-0.2, 0) is 27.4 Å². The summed E-state index contributed by atoms with van der Waals surface area (Å²) in [7, 11) is -5.45. The molecule has 4 rings (SSSR count). The van der Waals surface area contributed by atoms with Gasteiger partial charge in [-0.15, -0.1) is 0 Å². The van der Waals surface area contributed by atoms with Gasteiger partial charge in [0, 0.05) is 50.5 Å². The van der Waals surface area contributed by atoms with Crippen molar-refractivity contribution in [1.82, 2.24) is 9.34 Å². The number of benzene rings is 2. The standard InChI is InChI=1S/C21H24N3O5PS/c1-3-30(22-9-10-22,23-11-12-23)29-16-18-7-8-21(24(25)26)19(14-18)13-17-5-4-6-20(15-17)31(2,27)28/h4-8,14-15H,1,9-13,16H2,2H3. The first-order valence-corrected chi connectivity index (χ1v) is 13.4. The van der Waals surface area contributed by atoms with E-state index in [1.807, 2.05) is 0 Å². The van der Waals surface area contributed by atoms with Crippen molar-refractivity contribution in [2.75, 3.05) is 32.4 Å². The van der Waals surface area contributed by atoms with Crippen LogP contribution in [0, 0.1) is 10.1 Å². The molecule has 8 nitrogen and oxygen atoms in total. The Labute approximate surface area is 182 Å². The predicted molar refractivity (Wildman–Crippen MR) is 121 cm³/mol. The normalized spacial score (nSPS) is 16.7. The SMILES string of the molecule is C=C=P(OCc1ccc([N+](=O)[O-])c(Cc2cccc(S(C)(=O)=O)c2)c1)(N1CC1)N1CC1. The first kappa shape index (κ1) is 22.0. The summed E-state index contributed by atoms with van der Waals surface area (Å²) in [6.07, 6.45) is 1.39. The molecule has 2 heterocycles. The van der Waals surface area contributed by atoms with Crippen LogP contribution in [0.15, 0.2) is 53.9 Å². The van der Waals surface area contributed by atoms with Gasteiger partial charge in [0.05, 0.1) is 16.4 Å². The highest BCUT2D eigenvalue weighted by Crippen LogP contribution is 2.61. The highest BCUT2D eigenvalue weighted by atomic mass is 32.2. The predicted octanol–water partition coefficient (Wildman–Crippen LogP) is 3.09. The molecule has 2 aromatic carbocycles. The largest absolute Gasteiger partial charge is 0.324 e. The molecule has 0 N–H and O–H groups in total. The third-order valence-corrected chi connectivity index (χ3v) is 9.64. The van der Waals surface area contributed by atoms with Crippen LogP contribution in [0.5, 0.6) is 0 Å². The first-order chi connectivity index (χ1) is 14.7. The average Bonchev–Trinajstić information content (AvgIpc) is 3.62. The van der Waals surface area contributed by atoms with Crippen LogP contribution in [0.1, 0.15) is 16.7 Å². The van der Waals surface area contributed by atoms with Gasteiger partial charge in [-0.2, -0.15) is 0 Å². The Morgan fingerprint density at radius 2 is 1.81 bits per heavy atom. The van der Waals surface area contributed by atoms with Crippen molar-refractivity contribution in [2.24, 2.45) is 0 Å². The lowest BCUT2D eigenvalue weighted by molar-refractivity contribution is -0.385. The van der Waals surface area contributed by atoms with Gasteiger partial charge in [0.15, 0.2) is 17.3 Å². The quantitative estimate of drug-likeness (QED) is 0.245. The third kappa shape index (κ3) is 4.83. The molecule has 0 radical (unpaired) electrons. The Bertz CT molecular complexity index is 1200. The van der Waals surface area contributed by atoms with E-state index in [0.717, 1.165) is 38.0 Å². The zero-order chi connectivity index (χ0) is 22.2. The van der Waals surface area contributed by atoms with Gasteiger partial charge in [-0.1, -0.05) is 24.2 Å². The van der Waals surface area contributed by atoms with Crippen molar-refractivity contribution in [3.63, 3.8) is 0 Å². The smallest absolute Gasteiger partial charge is 0.272 e. The minimum absolute atomic E-state index is 0.00161. The minimum atomic E-state index is -3.36. The topological polar surface area (TPSA) is 92.5 Å². The zero-order valence-corrected chi connectivity index (χ0v) is 18.9. The summed E-state index contributed by atoms with van der Waals surface area (Å²) in [5, 5.41) is 11.6. The van der Waals surface area contributed by atoms with E-state index in [-0.39, 0.29) is 17.0 Å². The second-order valence-corrected chi connectivity index (χ2v) is 12.5. The molecular formula is C21H24N3O5PS. The highest BCUT2D eigenvalue weighted by Gasteiger charge is 2.44. The molecule has 2 aliphatic heterocycles. The van der Waals surface area contributed by atoms with E-state index in [9.17, 15) is 18.5 Å². The Balaban J connectivity index is 1.60. The second kappa shape index (κ2) is 8.36. The van der Waals surface area contributed by atoms with Gasteiger partial charge in [-0.25, -0.2) is 17.8 Å². The van der Waals surface area contributed by atoms with E-state index in [1.165, 1.54) is 12.1 Å². The van der Waals surface area contributed by atoms with Gasteiger partial charge in [0.2, 0.25) is 0 Å². The fourth-order valence-electron chi connectivity index (χ4n) is 3.54. The molecule has 0 unspecified atom stereocenters. The fourth-order valence-corrected chi connectivity index (χ4v) is 7.00. The number of hydrogen-bond donors (Lipinski definition) is 0. The van der Waals surface area contributed by atoms with Gasteiger partial charge < -0.3 is 4.52 Å². The molecule has 0 spiro atoms. The summed E-state index contributed by atoms with van der Waals surface area (Å²) in [5.41, 5.74) is 5.17. The molecule has 2 aliphatic rings. The van der Waals surface area contributed by atoms with E-state index in [2.05, 4.69) is 21.4 Å². The zero-order valence-electron chi connectivity index (χ0n) is 17.2. The Kier molecular flexibility index (Phi) is 5.92. The molecule has 0 amide bonds. The maximum absolute atomic E-state index is 11.9. The monoisotopic (exact) mass is 461 g/mol. The summed E-state index contributed by atoms with van der Waals surface area (Å²) >= 11 is 0. The van der Waals surface area contributed by atoms with Gasteiger partial charge >= 0.3 is 0 Å². The average molecular weight is 461 g/mol. The summed E-state index contributed by atoms with van der Waals surface area (Å²) < 4.78 is 34.5. The lowest BCUT2D eigenvalue weighted by atomic mass is 10.0. The van der Waals surface area contributed by atoms with Crippen LogP contribution >= 0.6 is 7.41 Å². The molecule has 10 heteroatoms. The fraction of sp³-hybridized carbons (Fsp3) is 0.333. The number of nitro groups is 1. The molecule has 31 heavy (non-hydrogen) atoms. The van der Waals surface area contributed by atoms with E-state index in [1.54, 1.807) is 30.3 Å². The molecule has 0 atom stereocenters. The summed E-state index contributed by atoms with van der Waals surface area (Å²) in [5.74, 6) is 0. The van der Waals surface area contributed by atoms with E-state index in [4.69, 9.17) is 4.52 Å². The van der Waals surface area contributed by atoms with E-state index >= 15 is 0 Å². The van der Waals surface area contributed by atoms with Gasteiger partial charge in [0.1, 0.15) is 0 Å². The van der Waals surface area contributed by atoms with Crippen LogP contribution < -0.4 is 0 Å². The van der Waals surface area contributed by atoms with Crippen molar-refractivity contribution >= 4 is 28.4 Å². The molecule has 2 aromatic rings. The van der Waals surface area contributed by atoms with Gasteiger partial charge in [-0.05, 0) is 35.4 Å². The van der Waals surface area contributed by atoms with Crippen molar-refractivity contribution in [1.29, 1.82) is 0 Å². The first-order valence-electron chi connectivity index (χ1n) is 9.87. The Morgan fingerprint density at radius 3 is 2.35 bits per heavy atom. The summed E-state index contributed by atoms with van der Waals surface area (Å²) in [6, 6.07) is 11.5. The second-order valence-electron chi connectivity index (χ2n) is 7.70. The molecule has 0 bridgehead atoms. The molecule has 0 aliphatic carbocycles. The molecule has 0 aromatic heterocycles. The maximum atomic E-state index is 11.9. The number of rotatable bonds is 9. The van der Waals surface area contributed by atoms with Crippen molar-refractivity contribution < 1.29 is 17.9 Å². The van der Waals surface area contributed by atoms with Crippen LogP contribution in [0.3, 0.4) is 0 Å². The van der Waals surface area contributed by atoms with Crippen LogP contribution in [0.25, 0.3) is 0 Å².